The van der Waals surface area contributed by atoms with Crippen LogP contribution in [-0.4, -0.2) is 23.3 Å². The number of hydrogen-bond acceptors (Lipinski definition) is 3. The first-order valence-corrected chi connectivity index (χ1v) is 6.58. The molecule has 4 nitrogen and oxygen atoms in total. The molecule has 1 aliphatic heterocycles. The molecule has 0 N–H and O–H groups in total. The Hall–Kier alpha value is -1.55. The van der Waals surface area contributed by atoms with E-state index in [1.165, 1.54) is 0 Å². The van der Waals surface area contributed by atoms with Gasteiger partial charge in [-0.15, -0.1) is 0 Å². The normalized spacial score (nSPS) is 18.0. The number of fused-ring (bicyclic) bond motifs is 1. The van der Waals surface area contributed by atoms with Crippen molar-refractivity contribution in [1.29, 1.82) is 0 Å². The second-order valence-electron chi connectivity index (χ2n) is 5.17. The van der Waals surface area contributed by atoms with Gasteiger partial charge in [0.05, 0.1) is 6.04 Å². The highest BCUT2D eigenvalue weighted by Crippen LogP contribution is 2.37. The lowest BCUT2D eigenvalue weighted by molar-refractivity contribution is -0.306. The van der Waals surface area contributed by atoms with Crippen LogP contribution in [0.25, 0.3) is 0 Å². The zero-order chi connectivity index (χ0) is 14.2. The summed E-state index contributed by atoms with van der Waals surface area (Å²) in [6, 6.07) is 4.49. The Balaban J connectivity index is 2.42. The van der Waals surface area contributed by atoms with E-state index in [4.69, 9.17) is 11.6 Å². The molecule has 1 aromatic rings. The maximum absolute atomic E-state index is 12.3. The summed E-state index contributed by atoms with van der Waals surface area (Å²) >= 11 is 5.93. The molecule has 1 heterocycles. The molecule has 0 saturated heterocycles. The van der Waals surface area contributed by atoms with E-state index >= 15 is 0 Å². The highest BCUT2D eigenvalue weighted by atomic mass is 35.5. The molecule has 1 amide bonds. The number of rotatable bonds is 4. The smallest absolute Gasteiger partial charge is 0.254 e. The monoisotopic (exact) mass is 280 g/mol. The lowest BCUT2D eigenvalue weighted by Crippen LogP contribution is -2.35. The van der Waals surface area contributed by atoms with Gasteiger partial charge < -0.3 is 14.8 Å². The van der Waals surface area contributed by atoms with E-state index in [1.807, 2.05) is 13.8 Å². The number of carboxylic acid groups (broad SMARTS) is 1. The van der Waals surface area contributed by atoms with Gasteiger partial charge in [0.25, 0.3) is 5.91 Å². The number of benzene rings is 1. The van der Waals surface area contributed by atoms with Crippen LogP contribution in [0.3, 0.4) is 0 Å². The molecule has 1 unspecified atom stereocenters. The first kappa shape index (κ1) is 13.9. The third kappa shape index (κ3) is 2.73. The molecule has 0 radical (unpaired) electrons. The molecule has 1 aliphatic rings. The Morgan fingerprint density at radius 1 is 1.47 bits per heavy atom. The summed E-state index contributed by atoms with van der Waals surface area (Å²) in [5, 5.41) is 11.4. The van der Waals surface area contributed by atoms with Crippen molar-refractivity contribution in [2.24, 2.45) is 5.92 Å². The molecule has 5 heteroatoms. The van der Waals surface area contributed by atoms with Gasteiger partial charge in [0.15, 0.2) is 0 Å². The quantitative estimate of drug-likeness (QED) is 0.842. The van der Waals surface area contributed by atoms with Crippen molar-refractivity contribution in [3.05, 3.63) is 34.3 Å². The van der Waals surface area contributed by atoms with Crippen LogP contribution in [0.1, 0.15) is 42.2 Å². The van der Waals surface area contributed by atoms with Gasteiger partial charge in [-0.2, -0.15) is 0 Å². The average molecular weight is 281 g/mol. The van der Waals surface area contributed by atoms with Crippen LogP contribution >= 0.6 is 11.6 Å². The Bertz CT molecular complexity index is 527. The van der Waals surface area contributed by atoms with E-state index in [0.29, 0.717) is 22.7 Å². The number of nitrogens with zero attached hydrogens (tertiary/aromatic N) is 1. The van der Waals surface area contributed by atoms with Gasteiger partial charge >= 0.3 is 0 Å². The van der Waals surface area contributed by atoms with Crippen molar-refractivity contribution in [1.82, 2.24) is 4.90 Å². The molecule has 0 spiro atoms. The number of carbonyl (C=O) groups is 2. The fourth-order valence-corrected chi connectivity index (χ4v) is 2.63. The average Bonchev–Trinajstić information content (AvgIpc) is 2.53. The van der Waals surface area contributed by atoms with Crippen molar-refractivity contribution in [2.45, 2.75) is 26.3 Å². The molecule has 19 heavy (non-hydrogen) atoms. The van der Waals surface area contributed by atoms with E-state index in [2.05, 4.69) is 0 Å². The summed E-state index contributed by atoms with van der Waals surface area (Å²) in [4.78, 5) is 24.8. The lowest BCUT2D eigenvalue weighted by Gasteiger charge is -2.27. The highest BCUT2D eigenvalue weighted by Gasteiger charge is 2.36. The van der Waals surface area contributed by atoms with Crippen LogP contribution in [0.5, 0.6) is 0 Å². The van der Waals surface area contributed by atoms with Crippen molar-refractivity contribution in [3.63, 3.8) is 0 Å². The summed E-state index contributed by atoms with van der Waals surface area (Å²) < 4.78 is 0. The third-order valence-electron chi connectivity index (χ3n) is 3.16. The molecule has 1 aromatic carbocycles. The topological polar surface area (TPSA) is 60.4 Å². The standard InChI is InChI=1S/C14H16ClNO3/c1-8(2)7-16-12(6-13(17)18)11-5-9(15)3-4-10(11)14(16)19/h3-5,8,12H,6-7H2,1-2H3,(H,17,18)/p-1. The Morgan fingerprint density at radius 3 is 2.74 bits per heavy atom. The second kappa shape index (κ2) is 5.21. The first-order valence-electron chi connectivity index (χ1n) is 6.20. The zero-order valence-electron chi connectivity index (χ0n) is 10.9. The number of amides is 1. The minimum atomic E-state index is -1.17. The van der Waals surface area contributed by atoms with E-state index in [0.717, 1.165) is 0 Å². The highest BCUT2D eigenvalue weighted by molar-refractivity contribution is 6.30. The summed E-state index contributed by atoms with van der Waals surface area (Å²) in [5.41, 5.74) is 1.22. The molecule has 1 atom stereocenters. The molecular weight excluding hydrogens is 266 g/mol. The SMILES string of the molecule is CC(C)CN1C(=O)c2ccc(Cl)cc2C1CC(=O)[O-]. The van der Waals surface area contributed by atoms with Crippen molar-refractivity contribution >= 4 is 23.5 Å². The van der Waals surface area contributed by atoms with Crippen LogP contribution < -0.4 is 5.11 Å². The van der Waals surface area contributed by atoms with Crippen LogP contribution in [0.2, 0.25) is 5.02 Å². The largest absolute Gasteiger partial charge is 0.550 e. The van der Waals surface area contributed by atoms with E-state index in [9.17, 15) is 14.7 Å². The summed E-state index contributed by atoms with van der Waals surface area (Å²) in [6.45, 7) is 4.49. The van der Waals surface area contributed by atoms with Crippen LogP contribution in [-0.2, 0) is 4.79 Å². The predicted molar refractivity (Wildman–Crippen MR) is 69.7 cm³/mol. The Morgan fingerprint density at radius 2 is 2.16 bits per heavy atom. The Labute approximate surface area is 117 Å². The maximum atomic E-state index is 12.3. The molecule has 102 valence electrons. The van der Waals surface area contributed by atoms with E-state index in [-0.39, 0.29) is 18.2 Å². The summed E-state index contributed by atoms with van der Waals surface area (Å²) in [5.74, 6) is -1.04. The Kier molecular flexibility index (Phi) is 3.80. The van der Waals surface area contributed by atoms with Crippen LogP contribution in [0.15, 0.2) is 18.2 Å². The third-order valence-corrected chi connectivity index (χ3v) is 3.40. The first-order chi connectivity index (χ1) is 8.90. The van der Waals surface area contributed by atoms with Crippen molar-refractivity contribution in [2.75, 3.05) is 6.54 Å². The van der Waals surface area contributed by atoms with Crippen molar-refractivity contribution < 1.29 is 14.7 Å². The molecule has 2 rings (SSSR count). The van der Waals surface area contributed by atoms with Crippen molar-refractivity contribution in [3.8, 4) is 0 Å². The molecule has 0 bridgehead atoms. The summed E-state index contributed by atoms with van der Waals surface area (Å²) in [6.07, 6.45) is -0.203. The number of carbonyl (C=O) groups excluding carboxylic acids is 2. The van der Waals surface area contributed by atoms with E-state index in [1.54, 1.807) is 23.1 Å². The molecule has 0 aromatic heterocycles. The summed E-state index contributed by atoms with van der Waals surface area (Å²) in [7, 11) is 0. The van der Waals surface area contributed by atoms with Gasteiger partial charge in [0.2, 0.25) is 0 Å². The van der Waals surface area contributed by atoms with Gasteiger partial charge in [-0.25, -0.2) is 0 Å². The van der Waals surface area contributed by atoms with Gasteiger partial charge in [0, 0.05) is 29.5 Å². The van der Waals surface area contributed by atoms with Gasteiger partial charge in [-0.3, -0.25) is 4.79 Å². The maximum Gasteiger partial charge on any atom is 0.254 e. The minimum Gasteiger partial charge on any atom is -0.550 e. The number of hydrogen-bond donors (Lipinski definition) is 0. The number of carboxylic acids is 1. The number of halogens is 1. The molecular formula is C14H15ClNO3-. The zero-order valence-corrected chi connectivity index (χ0v) is 11.6. The van der Waals surface area contributed by atoms with E-state index < -0.39 is 12.0 Å². The second-order valence-corrected chi connectivity index (χ2v) is 5.61. The predicted octanol–water partition coefficient (Wildman–Crippen LogP) is 1.63. The fraction of sp³-hybridized carbons (Fsp3) is 0.429. The van der Waals surface area contributed by atoms with Gasteiger partial charge in [-0.1, -0.05) is 25.4 Å². The minimum absolute atomic E-state index is 0.133. The van der Waals surface area contributed by atoms with Gasteiger partial charge in [0.1, 0.15) is 0 Å². The van der Waals surface area contributed by atoms with Crippen LogP contribution in [0.4, 0.5) is 0 Å². The van der Waals surface area contributed by atoms with Gasteiger partial charge in [-0.05, 0) is 29.7 Å². The van der Waals surface area contributed by atoms with Crippen LogP contribution in [0, 0.1) is 5.92 Å². The molecule has 0 saturated carbocycles. The molecule has 0 fully saturated rings. The molecule has 0 aliphatic carbocycles. The fourth-order valence-electron chi connectivity index (χ4n) is 2.45. The lowest BCUT2D eigenvalue weighted by atomic mass is 10.0. The number of aliphatic carboxylic acids is 1.